The van der Waals surface area contributed by atoms with Gasteiger partial charge in [-0.1, -0.05) is 12.1 Å². The Morgan fingerprint density at radius 1 is 1.00 bits per heavy atom. The number of amides is 1. The van der Waals surface area contributed by atoms with Crippen LogP contribution in [0.15, 0.2) is 48.8 Å². The molecule has 1 radical (unpaired) electrons. The number of hydrogen-bond acceptors (Lipinski definition) is 3. The molecule has 0 fully saturated rings. The van der Waals surface area contributed by atoms with Crippen LogP contribution >= 0.6 is 0 Å². The van der Waals surface area contributed by atoms with Gasteiger partial charge in [0, 0.05) is 12.4 Å². The molecule has 2 heterocycles. The van der Waals surface area contributed by atoms with E-state index in [-0.39, 0.29) is 6.04 Å². The standard InChI is InChI=1S/C12H10N3O/c16-9-15-12(10-5-1-3-7-13-10)11-6-2-4-8-14-11/h1-8,12H,(H,15,16). The van der Waals surface area contributed by atoms with Crippen molar-refractivity contribution in [2.75, 3.05) is 0 Å². The Morgan fingerprint density at radius 3 is 1.94 bits per heavy atom. The lowest BCUT2D eigenvalue weighted by Crippen LogP contribution is -2.22. The molecule has 16 heavy (non-hydrogen) atoms. The second kappa shape index (κ2) is 5.02. The molecule has 0 saturated carbocycles. The van der Waals surface area contributed by atoms with Gasteiger partial charge in [-0.2, -0.15) is 0 Å². The number of aromatic nitrogens is 2. The van der Waals surface area contributed by atoms with Crippen molar-refractivity contribution in [2.45, 2.75) is 6.04 Å². The summed E-state index contributed by atoms with van der Waals surface area (Å²) in [5, 5.41) is 2.58. The van der Waals surface area contributed by atoms with Gasteiger partial charge in [-0.25, -0.2) is 0 Å². The Hall–Kier alpha value is -2.23. The lowest BCUT2D eigenvalue weighted by molar-refractivity contribution is 0.530. The summed E-state index contributed by atoms with van der Waals surface area (Å²) in [7, 11) is 0. The van der Waals surface area contributed by atoms with Gasteiger partial charge in [0.15, 0.2) is 0 Å². The van der Waals surface area contributed by atoms with Gasteiger partial charge in [-0.15, -0.1) is 0 Å². The van der Waals surface area contributed by atoms with Gasteiger partial charge in [0.05, 0.1) is 11.4 Å². The number of rotatable bonds is 4. The zero-order valence-corrected chi connectivity index (χ0v) is 8.50. The predicted octanol–water partition coefficient (Wildman–Crippen LogP) is 1.22. The monoisotopic (exact) mass is 212 g/mol. The topological polar surface area (TPSA) is 54.9 Å². The normalized spacial score (nSPS) is 10.1. The van der Waals surface area contributed by atoms with Gasteiger partial charge in [0.25, 0.3) is 0 Å². The van der Waals surface area contributed by atoms with Crippen molar-refractivity contribution in [1.82, 2.24) is 15.3 Å². The van der Waals surface area contributed by atoms with Gasteiger partial charge in [0.2, 0.25) is 0 Å². The highest BCUT2D eigenvalue weighted by Gasteiger charge is 2.14. The summed E-state index contributed by atoms with van der Waals surface area (Å²) < 4.78 is 0. The lowest BCUT2D eigenvalue weighted by atomic mass is 10.1. The predicted molar refractivity (Wildman–Crippen MR) is 59.1 cm³/mol. The van der Waals surface area contributed by atoms with Crippen LogP contribution in [-0.2, 0) is 4.79 Å². The lowest BCUT2D eigenvalue weighted by Gasteiger charge is -2.13. The number of hydrogen-bond donors (Lipinski definition) is 1. The van der Waals surface area contributed by atoms with Crippen molar-refractivity contribution in [2.24, 2.45) is 0 Å². The van der Waals surface area contributed by atoms with E-state index in [1.165, 1.54) is 0 Å². The zero-order valence-electron chi connectivity index (χ0n) is 8.50. The average Bonchev–Trinajstić information content (AvgIpc) is 2.38. The molecule has 2 aromatic rings. The first-order valence-electron chi connectivity index (χ1n) is 4.86. The molecule has 0 unspecified atom stereocenters. The van der Waals surface area contributed by atoms with Crippen LogP contribution in [0, 0.1) is 0 Å². The fraction of sp³-hybridized carbons (Fsp3) is 0.0833. The van der Waals surface area contributed by atoms with Crippen LogP contribution in [0.4, 0.5) is 0 Å². The Balaban J connectivity index is 2.35. The van der Waals surface area contributed by atoms with Crippen molar-refractivity contribution < 1.29 is 4.79 Å². The van der Waals surface area contributed by atoms with Crippen LogP contribution in [0.25, 0.3) is 0 Å². The molecule has 2 aromatic heterocycles. The van der Waals surface area contributed by atoms with Crippen LogP contribution < -0.4 is 5.32 Å². The van der Waals surface area contributed by atoms with E-state index in [2.05, 4.69) is 15.3 Å². The maximum Gasteiger partial charge on any atom is 0.310 e. The molecule has 0 aliphatic rings. The molecule has 0 atom stereocenters. The van der Waals surface area contributed by atoms with Crippen LogP contribution in [0.1, 0.15) is 17.4 Å². The summed E-state index contributed by atoms with van der Waals surface area (Å²) in [5.41, 5.74) is 1.48. The van der Waals surface area contributed by atoms with E-state index in [0.717, 1.165) is 11.4 Å². The Morgan fingerprint density at radius 2 is 1.56 bits per heavy atom. The molecule has 4 heteroatoms. The van der Waals surface area contributed by atoms with Crippen LogP contribution in [0.2, 0.25) is 0 Å². The first-order chi connectivity index (χ1) is 7.92. The van der Waals surface area contributed by atoms with Crippen molar-refractivity contribution >= 4 is 6.41 Å². The summed E-state index contributed by atoms with van der Waals surface area (Å²) in [6.07, 6.45) is 5.04. The first kappa shape index (κ1) is 10.3. The van der Waals surface area contributed by atoms with E-state index in [0.29, 0.717) is 0 Å². The average molecular weight is 212 g/mol. The highest BCUT2D eigenvalue weighted by molar-refractivity contribution is 5.50. The fourth-order valence-corrected chi connectivity index (χ4v) is 1.45. The molecule has 0 bridgehead atoms. The minimum atomic E-state index is -0.347. The fourth-order valence-electron chi connectivity index (χ4n) is 1.45. The molecular formula is C12H10N3O. The van der Waals surface area contributed by atoms with E-state index in [1.807, 2.05) is 36.4 Å². The molecule has 0 spiro atoms. The Bertz CT molecular complexity index is 405. The zero-order chi connectivity index (χ0) is 11.2. The van der Waals surface area contributed by atoms with Gasteiger partial charge >= 0.3 is 6.41 Å². The molecular weight excluding hydrogens is 202 g/mol. The second-order valence-electron chi connectivity index (χ2n) is 3.19. The number of pyridine rings is 2. The van der Waals surface area contributed by atoms with Crippen LogP contribution in [-0.4, -0.2) is 16.4 Å². The molecule has 79 valence electrons. The van der Waals surface area contributed by atoms with Crippen LogP contribution in [0.5, 0.6) is 0 Å². The number of carbonyl (C=O) groups excluding carboxylic acids is 1. The van der Waals surface area contributed by atoms with E-state index in [9.17, 15) is 4.79 Å². The Kier molecular flexibility index (Phi) is 3.23. The molecule has 0 saturated heterocycles. The summed E-state index contributed by atoms with van der Waals surface area (Å²) in [4.78, 5) is 18.9. The summed E-state index contributed by atoms with van der Waals surface area (Å²) in [5.74, 6) is 0. The molecule has 4 nitrogen and oxygen atoms in total. The largest absolute Gasteiger partial charge is 0.334 e. The van der Waals surface area contributed by atoms with Crippen molar-refractivity contribution in [3.8, 4) is 0 Å². The Labute approximate surface area is 93.4 Å². The third-order valence-corrected chi connectivity index (χ3v) is 2.17. The third-order valence-electron chi connectivity index (χ3n) is 2.17. The first-order valence-corrected chi connectivity index (χ1v) is 4.86. The van der Waals surface area contributed by atoms with E-state index in [1.54, 1.807) is 18.8 Å². The molecule has 1 N–H and O–H groups in total. The highest BCUT2D eigenvalue weighted by Crippen LogP contribution is 2.16. The maximum absolute atomic E-state index is 10.5. The minimum absolute atomic E-state index is 0.347. The molecule has 0 aromatic carbocycles. The molecule has 1 amide bonds. The van der Waals surface area contributed by atoms with E-state index < -0.39 is 0 Å². The van der Waals surface area contributed by atoms with E-state index >= 15 is 0 Å². The summed E-state index contributed by atoms with van der Waals surface area (Å²) >= 11 is 0. The highest BCUT2D eigenvalue weighted by atomic mass is 16.1. The molecule has 0 aliphatic carbocycles. The minimum Gasteiger partial charge on any atom is -0.334 e. The number of nitrogens with zero attached hydrogens (tertiary/aromatic N) is 2. The van der Waals surface area contributed by atoms with Crippen molar-refractivity contribution in [3.63, 3.8) is 0 Å². The molecule has 0 aliphatic heterocycles. The number of nitrogens with one attached hydrogen (secondary N) is 1. The van der Waals surface area contributed by atoms with Gasteiger partial charge in [-0.05, 0) is 24.3 Å². The summed E-state index contributed by atoms with van der Waals surface area (Å²) in [6, 6.07) is 10.7. The molecule has 2 rings (SSSR count). The third kappa shape index (κ3) is 2.23. The quantitative estimate of drug-likeness (QED) is 0.775. The van der Waals surface area contributed by atoms with Gasteiger partial charge < -0.3 is 5.32 Å². The van der Waals surface area contributed by atoms with Crippen molar-refractivity contribution in [3.05, 3.63) is 60.2 Å². The maximum atomic E-state index is 10.5. The smallest absolute Gasteiger partial charge is 0.310 e. The van der Waals surface area contributed by atoms with Gasteiger partial charge in [-0.3, -0.25) is 14.8 Å². The van der Waals surface area contributed by atoms with Crippen LogP contribution in [0.3, 0.4) is 0 Å². The van der Waals surface area contributed by atoms with Gasteiger partial charge in [0.1, 0.15) is 6.04 Å². The van der Waals surface area contributed by atoms with E-state index in [4.69, 9.17) is 0 Å². The van der Waals surface area contributed by atoms with Crippen molar-refractivity contribution in [1.29, 1.82) is 0 Å². The second-order valence-corrected chi connectivity index (χ2v) is 3.19. The summed E-state index contributed by atoms with van der Waals surface area (Å²) in [6.45, 7) is 0. The SMILES string of the molecule is O=[C]NC(c1ccccn1)c1ccccn1.